The number of carbonyl (C=O) groups excluding carboxylic acids is 1. The number of aliphatic hydroxyl groups excluding tert-OH is 1. The minimum Gasteiger partial charge on any atom is -0.512 e. The van der Waals surface area contributed by atoms with Gasteiger partial charge in [-0.25, -0.2) is 4.98 Å². The number of carbonyl (C=O) groups is 1. The van der Waals surface area contributed by atoms with Crippen LogP contribution in [-0.4, -0.2) is 20.9 Å². The standard InChI is InChI=1S/C33H31N2S2.C13H24O2.Ir/c1-31(2,3)23-15-19(14-18-10-8-9-11-20(18)23)25-29-26(35-17-34-25)22-13-12-21-24-30(37-27(21)28(22)36-29)33(6,7)16-32(24,4)5;1-5-10(6-2)12(14)9-13(15)11(7-3)8-4;/h8-13,15,17H,16H2,1-7H3;9-11,14H,5-8H2,1-4H3;/q-1;;/b;12-9-;. The van der Waals surface area contributed by atoms with Gasteiger partial charge in [0.25, 0.3) is 0 Å². The Kier molecular flexibility index (Phi) is 12.2. The summed E-state index contributed by atoms with van der Waals surface area (Å²) in [6.45, 7) is 24.5. The van der Waals surface area contributed by atoms with Gasteiger partial charge in [0.2, 0.25) is 0 Å². The number of hydrogen-bond donors (Lipinski definition) is 1. The molecule has 283 valence electrons. The summed E-state index contributed by atoms with van der Waals surface area (Å²) in [7, 11) is 0. The Morgan fingerprint density at radius 3 is 2.11 bits per heavy atom. The Hall–Kier alpha value is -2.96. The van der Waals surface area contributed by atoms with E-state index < -0.39 is 0 Å². The molecule has 0 amide bonds. The molecule has 0 aliphatic heterocycles. The summed E-state index contributed by atoms with van der Waals surface area (Å²) < 4.78 is 3.91. The van der Waals surface area contributed by atoms with Crippen molar-refractivity contribution in [2.75, 3.05) is 0 Å². The molecule has 0 atom stereocenters. The molecule has 1 radical (unpaired) electrons. The summed E-state index contributed by atoms with van der Waals surface area (Å²) in [5.41, 5.74) is 6.38. The molecular weight excluding hydrogens is 869 g/mol. The second kappa shape index (κ2) is 15.6. The predicted molar refractivity (Wildman–Crippen MR) is 225 cm³/mol. The maximum Gasteiger partial charge on any atom is 0.162 e. The van der Waals surface area contributed by atoms with Gasteiger partial charge in [-0.3, -0.25) is 9.78 Å². The molecule has 0 unspecified atom stereocenters. The Morgan fingerprint density at radius 1 is 0.849 bits per heavy atom. The van der Waals surface area contributed by atoms with Crippen LogP contribution >= 0.6 is 22.7 Å². The van der Waals surface area contributed by atoms with Crippen LogP contribution in [0.5, 0.6) is 0 Å². The van der Waals surface area contributed by atoms with Crippen molar-refractivity contribution < 1.29 is 30.0 Å². The van der Waals surface area contributed by atoms with E-state index in [1.165, 1.54) is 43.6 Å². The smallest absolute Gasteiger partial charge is 0.162 e. The molecule has 7 rings (SSSR count). The van der Waals surface area contributed by atoms with Crippen LogP contribution in [-0.2, 0) is 41.1 Å². The first-order chi connectivity index (χ1) is 24.6. The van der Waals surface area contributed by atoms with Crippen molar-refractivity contribution in [2.45, 2.75) is 125 Å². The van der Waals surface area contributed by atoms with Crippen LogP contribution in [0.15, 0.2) is 60.6 Å². The summed E-state index contributed by atoms with van der Waals surface area (Å²) in [5.74, 6) is 0.547. The van der Waals surface area contributed by atoms with E-state index in [0.29, 0.717) is 0 Å². The predicted octanol–water partition coefficient (Wildman–Crippen LogP) is 13.8. The van der Waals surface area contributed by atoms with Crippen LogP contribution in [0, 0.1) is 17.9 Å². The molecule has 3 aromatic carbocycles. The number of ketones is 1. The monoisotopic (exact) mass is 924 g/mol. The van der Waals surface area contributed by atoms with Gasteiger partial charge in [0.1, 0.15) is 6.33 Å². The van der Waals surface area contributed by atoms with Crippen molar-refractivity contribution in [1.82, 2.24) is 9.97 Å². The molecule has 0 saturated heterocycles. The molecule has 7 heteroatoms. The number of rotatable bonds is 8. The van der Waals surface area contributed by atoms with Gasteiger partial charge in [-0.2, -0.15) is 0 Å². The molecule has 1 aliphatic carbocycles. The summed E-state index contributed by atoms with van der Waals surface area (Å²) >= 11 is 3.86. The molecule has 0 bridgehead atoms. The van der Waals surface area contributed by atoms with Gasteiger partial charge in [-0.1, -0.05) is 117 Å². The summed E-state index contributed by atoms with van der Waals surface area (Å²) in [5, 5.41) is 14.8. The zero-order valence-corrected chi connectivity index (χ0v) is 37.3. The summed E-state index contributed by atoms with van der Waals surface area (Å²) in [4.78, 5) is 22.9. The molecule has 0 fully saturated rings. The molecule has 0 saturated carbocycles. The van der Waals surface area contributed by atoms with Gasteiger partial charge in [-0.05, 0) is 53.9 Å². The van der Waals surface area contributed by atoms with E-state index in [9.17, 15) is 9.90 Å². The molecule has 1 N–H and O–H groups in total. The SMILES string of the molecule is CC(C)(C)c1cc(-c2ncnc3c2sc2c3ccc3c4c(sc32)C(C)(C)CC4(C)C)[c-]c2ccccc12.CCC(CC)C(=O)/C=C(\O)C(CC)CC.[Ir]. The van der Waals surface area contributed by atoms with Crippen molar-refractivity contribution in [1.29, 1.82) is 0 Å². The van der Waals surface area contributed by atoms with Crippen LogP contribution in [0.25, 0.3) is 52.4 Å². The second-order valence-electron chi connectivity index (χ2n) is 17.0. The second-order valence-corrected chi connectivity index (χ2v) is 19.0. The van der Waals surface area contributed by atoms with E-state index in [-0.39, 0.29) is 59.7 Å². The number of nitrogens with zero attached hydrogens (tertiary/aromatic N) is 2. The fourth-order valence-electron chi connectivity index (χ4n) is 8.56. The third-order valence-electron chi connectivity index (χ3n) is 11.2. The van der Waals surface area contributed by atoms with Gasteiger partial charge in [0.15, 0.2) is 5.78 Å². The fraction of sp³-hybridized carbons (Fsp3) is 0.457. The average Bonchev–Trinajstić information content (AvgIpc) is 3.73. The van der Waals surface area contributed by atoms with E-state index in [1.54, 1.807) is 16.8 Å². The van der Waals surface area contributed by atoms with Gasteiger partial charge in [0.05, 0.1) is 20.7 Å². The molecule has 53 heavy (non-hydrogen) atoms. The first kappa shape index (κ1) is 41.2. The van der Waals surface area contributed by atoms with Crippen LogP contribution in [0.2, 0.25) is 0 Å². The van der Waals surface area contributed by atoms with Crippen LogP contribution in [0.3, 0.4) is 0 Å². The molecule has 3 aromatic heterocycles. The number of benzene rings is 3. The fourth-order valence-corrected chi connectivity index (χ4v) is 11.5. The Balaban J connectivity index is 0.000000290. The van der Waals surface area contributed by atoms with Crippen molar-refractivity contribution in [3.8, 4) is 11.3 Å². The topological polar surface area (TPSA) is 63.1 Å². The third-order valence-corrected chi connectivity index (χ3v) is 14.1. The van der Waals surface area contributed by atoms with Crippen molar-refractivity contribution in [3.05, 3.63) is 82.7 Å². The molecule has 1 aliphatic rings. The van der Waals surface area contributed by atoms with E-state index in [4.69, 9.17) is 9.97 Å². The number of aliphatic hydroxyl groups is 1. The largest absolute Gasteiger partial charge is 0.512 e. The minimum absolute atomic E-state index is 0. The molecule has 4 nitrogen and oxygen atoms in total. The van der Waals surface area contributed by atoms with Crippen LogP contribution in [0.1, 0.15) is 124 Å². The molecule has 6 aromatic rings. The van der Waals surface area contributed by atoms with Crippen molar-refractivity contribution in [2.24, 2.45) is 11.8 Å². The van der Waals surface area contributed by atoms with E-state index in [1.807, 2.05) is 50.4 Å². The number of fused-ring (bicyclic) bond motifs is 8. The maximum atomic E-state index is 11.7. The van der Waals surface area contributed by atoms with E-state index in [2.05, 4.69) is 97.0 Å². The first-order valence-electron chi connectivity index (χ1n) is 19.1. The third kappa shape index (κ3) is 7.66. The van der Waals surface area contributed by atoms with Gasteiger partial charge >= 0.3 is 0 Å². The summed E-state index contributed by atoms with van der Waals surface area (Å²) in [6.07, 6.45) is 7.84. The maximum absolute atomic E-state index is 11.7. The van der Waals surface area contributed by atoms with Gasteiger partial charge in [-0.15, -0.1) is 51.8 Å². The van der Waals surface area contributed by atoms with Gasteiger partial charge < -0.3 is 5.11 Å². The van der Waals surface area contributed by atoms with E-state index >= 15 is 0 Å². The van der Waals surface area contributed by atoms with E-state index in [0.717, 1.165) is 52.5 Å². The number of hydrogen-bond acceptors (Lipinski definition) is 6. The number of allylic oxidation sites excluding steroid dienone is 2. The minimum atomic E-state index is 0. The zero-order chi connectivity index (χ0) is 37.7. The average molecular weight is 924 g/mol. The number of aromatic nitrogens is 2. The Bertz CT molecular complexity index is 2310. The zero-order valence-electron chi connectivity index (χ0n) is 33.3. The quantitative estimate of drug-likeness (QED) is 0.0938. The normalized spacial score (nSPS) is 15.3. The van der Waals surface area contributed by atoms with Crippen LogP contribution < -0.4 is 0 Å². The molecular formula is C46H55IrN2O2S2-. The van der Waals surface area contributed by atoms with Crippen molar-refractivity contribution in [3.63, 3.8) is 0 Å². The van der Waals surface area contributed by atoms with Crippen LogP contribution in [0.4, 0.5) is 0 Å². The first-order valence-corrected chi connectivity index (χ1v) is 20.7. The molecule has 3 heterocycles. The number of thiophene rings is 2. The van der Waals surface area contributed by atoms with Crippen molar-refractivity contribution >= 4 is 69.6 Å². The Labute approximate surface area is 337 Å². The Morgan fingerprint density at radius 2 is 1.47 bits per heavy atom. The van der Waals surface area contributed by atoms with Gasteiger partial charge in [0, 0.05) is 64.1 Å². The molecule has 0 spiro atoms. The summed E-state index contributed by atoms with van der Waals surface area (Å²) in [6, 6.07) is 19.2.